The summed E-state index contributed by atoms with van der Waals surface area (Å²) in [7, 11) is 0. The third-order valence-electron chi connectivity index (χ3n) is 2.79. The van der Waals surface area contributed by atoms with Crippen LogP contribution in [-0.4, -0.2) is 23.5 Å². The Morgan fingerprint density at radius 2 is 2.05 bits per heavy atom. The zero-order valence-electron chi connectivity index (χ0n) is 10.00. The van der Waals surface area contributed by atoms with E-state index >= 15 is 0 Å². The fraction of sp³-hybridized carbons (Fsp3) is 0.154. The molecule has 0 spiro atoms. The number of hydrogen-bond acceptors (Lipinski definition) is 4. The zero-order valence-corrected chi connectivity index (χ0v) is 10.8. The Labute approximate surface area is 113 Å². The highest BCUT2D eigenvalue weighted by atomic mass is 32.1. The number of rotatable bonds is 3. The fourth-order valence-electron chi connectivity index (χ4n) is 1.90. The van der Waals surface area contributed by atoms with Crippen molar-refractivity contribution in [2.24, 2.45) is 0 Å². The number of nitrogens with zero attached hydrogens (tertiary/aromatic N) is 2. The minimum absolute atomic E-state index is 0.0527. The molecule has 1 aliphatic heterocycles. The summed E-state index contributed by atoms with van der Waals surface area (Å²) in [5.74, 6) is -0.287. The number of carbonyl (C=O) groups is 2. The second-order valence-corrected chi connectivity index (χ2v) is 5.30. The van der Waals surface area contributed by atoms with E-state index in [9.17, 15) is 9.59 Å². The van der Waals surface area contributed by atoms with Gasteiger partial charge in [0, 0.05) is 17.5 Å². The third-order valence-corrected chi connectivity index (χ3v) is 3.81. The number of urea groups is 1. The van der Waals surface area contributed by atoms with Crippen LogP contribution in [0.5, 0.6) is 0 Å². The molecule has 2 aromatic rings. The van der Waals surface area contributed by atoms with Crippen LogP contribution in [0.4, 0.5) is 9.93 Å². The largest absolute Gasteiger partial charge is 0.330 e. The van der Waals surface area contributed by atoms with Gasteiger partial charge >= 0.3 is 6.03 Å². The topological polar surface area (TPSA) is 62.3 Å². The van der Waals surface area contributed by atoms with Gasteiger partial charge in [-0.2, -0.15) is 0 Å². The van der Waals surface area contributed by atoms with E-state index in [4.69, 9.17) is 0 Å². The third kappa shape index (κ3) is 2.48. The van der Waals surface area contributed by atoms with Gasteiger partial charge < -0.3 is 0 Å². The standard InChI is InChI=1S/C13H11N3O2S/c17-11-8-16(12(18)15-11)13-14-7-10(19-13)6-9-4-2-1-3-5-9/h1-5,7H,6,8H2,(H,15,17,18). The summed E-state index contributed by atoms with van der Waals surface area (Å²) in [5, 5.41) is 2.80. The van der Waals surface area contributed by atoms with Crippen LogP contribution in [0.2, 0.25) is 0 Å². The predicted molar refractivity (Wildman–Crippen MR) is 72.2 cm³/mol. The highest BCUT2D eigenvalue weighted by Crippen LogP contribution is 2.25. The van der Waals surface area contributed by atoms with Gasteiger partial charge in [-0.1, -0.05) is 30.3 Å². The van der Waals surface area contributed by atoms with Gasteiger partial charge in [0.15, 0.2) is 5.13 Å². The second-order valence-electron chi connectivity index (χ2n) is 4.21. The van der Waals surface area contributed by atoms with E-state index in [1.807, 2.05) is 30.3 Å². The molecule has 3 rings (SSSR count). The molecule has 6 heteroatoms. The molecule has 96 valence electrons. The molecule has 5 nitrogen and oxygen atoms in total. The van der Waals surface area contributed by atoms with Gasteiger partial charge in [-0.25, -0.2) is 9.78 Å². The second kappa shape index (κ2) is 4.81. The summed E-state index contributed by atoms with van der Waals surface area (Å²) in [6.45, 7) is 0.0527. The average Bonchev–Trinajstić information content (AvgIpc) is 2.97. The molecule has 1 aliphatic rings. The van der Waals surface area contributed by atoms with E-state index in [2.05, 4.69) is 10.3 Å². The molecular formula is C13H11N3O2S. The van der Waals surface area contributed by atoms with Crippen LogP contribution >= 0.6 is 11.3 Å². The lowest BCUT2D eigenvalue weighted by molar-refractivity contribution is -0.117. The molecule has 1 N–H and O–H groups in total. The number of thiazole rings is 1. The van der Waals surface area contributed by atoms with E-state index < -0.39 is 6.03 Å². The maximum atomic E-state index is 11.5. The zero-order chi connectivity index (χ0) is 13.2. The lowest BCUT2D eigenvalue weighted by atomic mass is 10.1. The van der Waals surface area contributed by atoms with E-state index in [1.165, 1.54) is 21.8 Å². The molecule has 1 aromatic carbocycles. The molecule has 0 atom stereocenters. The Morgan fingerprint density at radius 1 is 1.26 bits per heavy atom. The van der Waals surface area contributed by atoms with E-state index in [0.29, 0.717) is 5.13 Å². The van der Waals surface area contributed by atoms with Crippen molar-refractivity contribution in [1.82, 2.24) is 10.3 Å². The Morgan fingerprint density at radius 3 is 2.74 bits per heavy atom. The molecule has 0 bridgehead atoms. The predicted octanol–water partition coefficient (Wildman–Crippen LogP) is 1.79. The molecule has 0 saturated carbocycles. The van der Waals surface area contributed by atoms with Crippen molar-refractivity contribution in [3.05, 3.63) is 47.0 Å². The minimum Gasteiger partial charge on any atom is -0.276 e. The average molecular weight is 273 g/mol. The number of amides is 3. The summed E-state index contributed by atoms with van der Waals surface area (Å²) < 4.78 is 0. The van der Waals surface area contributed by atoms with E-state index in [1.54, 1.807) is 6.20 Å². The van der Waals surface area contributed by atoms with Gasteiger partial charge in [-0.3, -0.25) is 15.0 Å². The van der Waals surface area contributed by atoms with Crippen LogP contribution in [0.3, 0.4) is 0 Å². The summed E-state index contributed by atoms with van der Waals surface area (Å²) in [4.78, 5) is 29.3. The normalized spacial score (nSPS) is 14.8. The SMILES string of the molecule is O=C1CN(c2ncc(Cc3ccccc3)s2)C(=O)N1. The first-order chi connectivity index (χ1) is 9.22. The molecule has 0 unspecified atom stereocenters. The van der Waals surface area contributed by atoms with Crippen molar-refractivity contribution in [2.45, 2.75) is 6.42 Å². The minimum atomic E-state index is -0.398. The number of imide groups is 1. The van der Waals surface area contributed by atoms with Gasteiger partial charge in [-0.15, -0.1) is 11.3 Å². The number of aromatic nitrogens is 1. The number of carbonyl (C=O) groups excluding carboxylic acids is 2. The maximum absolute atomic E-state index is 11.5. The van der Waals surface area contributed by atoms with Crippen molar-refractivity contribution in [3.8, 4) is 0 Å². The van der Waals surface area contributed by atoms with Gasteiger partial charge in [0.2, 0.25) is 5.91 Å². The molecule has 3 amide bonds. The van der Waals surface area contributed by atoms with Crippen LogP contribution in [0, 0.1) is 0 Å². The van der Waals surface area contributed by atoms with Crippen molar-refractivity contribution >= 4 is 28.4 Å². The van der Waals surface area contributed by atoms with Gasteiger partial charge in [0.1, 0.15) is 6.54 Å². The van der Waals surface area contributed by atoms with Crippen molar-refractivity contribution in [3.63, 3.8) is 0 Å². The summed E-state index contributed by atoms with van der Waals surface area (Å²) >= 11 is 1.43. The molecule has 1 saturated heterocycles. The maximum Gasteiger partial charge on any atom is 0.330 e. The summed E-state index contributed by atoms with van der Waals surface area (Å²) in [6, 6.07) is 9.65. The molecule has 0 aliphatic carbocycles. The quantitative estimate of drug-likeness (QED) is 0.867. The highest BCUT2D eigenvalue weighted by molar-refractivity contribution is 7.15. The number of anilines is 1. The lowest BCUT2D eigenvalue weighted by Gasteiger charge is -2.07. The van der Waals surface area contributed by atoms with Gasteiger partial charge in [0.25, 0.3) is 0 Å². The number of nitrogens with one attached hydrogen (secondary N) is 1. The lowest BCUT2D eigenvalue weighted by Crippen LogP contribution is -2.27. The number of hydrogen-bond donors (Lipinski definition) is 1. The Bertz CT molecular complexity index is 624. The molecule has 1 aromatic heterocycles. The van der Waals surface area contributed by atoms with Crippen LogP contribution in [0.15, 0.2) is 36.5 Å². The summed E-state index contributed by atoms with van der Waals surface area (Å²) in [5.41, 5.74) is 1.19. The molecule has 0 radical (unpaired) electrons. The first kappa shape index (κ1) is 11.9. The Balaban J connectivity index is 1.77. The van der Waals surface area contributed by atoms with Gasteiger partial charge in [0.05, 0.1) is 0 Å². The molecular weight excluding hydrogens is 262 g/mol. The highest BCUT2D eigenvalue weighted by Gasteiger charge is 2.29. The molecule has 2 heterocycles. The van der Waals surface area contributed by atoms with Crippen LogP contribution in [0.1, 0.15) is 10.4 Å². The van der Waals surface area contributed by atoms with Crippen molar-refractivity contribution in [2.75, 3.05) is 11.4 Å². The van der Waals surface area contributed by atoms with Crippen molar-refractivity contribution < 1.29 is 9.59 Å². The van der Waals surface area contributed by atoms with Crippen LogP contribution in [0.25, 0.3) is 0 Å². The Hall–Kier alpha value is -2.21. The van der Waals surface area contributed by atoms with Gasteiger partial charge in [-0.05, 0) is 5.56 Å². The van der Waals surface area contributed by atoms with E-state index in [0.717, 1.165) is 11.3 Å². The van der Waals surface area contributed by atoms with E-state index in [-0.39, 0.29) is 12.5 Å². The smallest absolute Gasteiger partial charge is 0.276 e. The fourth-order valence-corrected chi connectivity index (χ4v) is 2.84. The first-order valence-corrected chi connectivity index (χ1v) is 6.64. The number of benzene rings is 1. The van der Waals surface area contributed by atoms with Crippen LogP contribution < -0.4 is 10.2 Å². The Kier molecular flexibility index (Phi) is 3.00. The van der Waals surface area contributed by atoms with Crippen LogP contribution in [-0.2, 0) is 11.2 Å². The molecule has 1 fully saturated rings. The summed E-state index contributed by atoms with van der Waals surface area (Å²) in [6.07, 6.45) is 2.53. The van der Waals surface area contributed by atoms with Crippen molar-refractivity contribution in [1.29, 1.82) is 0 Å². The first-order valence-electron chi connectivity index (χ1n) is 5.82. The molecule has 19 heavy (non-hydrogen) atoms. The monoisotopic (exact) mass is 273 g/mol.